The van der Waals surface area contributed by atoms with Crippen LogP contribution in [0.15, 0.2) is 0 Å². The zero-order valence-corrected chi connectivity index (χ0v) is 9.95. The van der Waals surface area contributed by atoms with Crippen LogP contribution in [0.2, 0.25) is 0 Å². The molecule has 1 aliphatic rings. The Balaban J connectivity index is 2.35. The van der Waals surface area contributed by atoms with E-state index >= 15 is 0 Å². The molecule has 0 unspecified atom stereocenters. The zero-order chi connectivity index (χ0) is 12.1. The molecule has 16 heavy (non-hydrogen) atoms. The molecule has 1 rings (SSSR count). The Morgan fingerprint density at radius 3 is 2.38 bits per heavy atom. The molecule has 0 aromatic carbocycles. The minimum absolute atomic E-state index is 0.122. The maximum absolute atomic E-state index is 11.4. The van der Waals surface area contributed by atoms with Crippen LogP contribution in [-0.2, 0) is 9.53 Å². The topological polar surface area (TPSA) is 70.7 Å². The van der Waals surface area contributed by atoms with Crippen molar-refractivity contribution in [3.8, 4) is 0 Å². The SMILES string of the molecule is CNC(=O)NC(=O)CN1C[C@@H](C)O[C@@H](C)C1. The van der Waals surface area contributed by atoms with Crippen LogP contribution in [0.1, 0.15) is 13.8 Å². The van der Waals surface area contributed by atoms with Gasteiger partial charge in [-0.15, -0.1) is 0 Å². The fourth-order valence-corrected chi connectivity index (χ4v) is 1.85. The van der Waals surface area contributed by atoms with E-state index in [0.29, 0.717) is 13.1 Å². The quantitative estimate of drug-likeness (QED) is 0.673. The van der Waals surface area contributed by atoms with Crippen molar-refractivity contribution < 1.29 is 14.3 Å². The van der Waals surface area contributed by atoms with E-state index in [2.05, 4.69) is 10.6 Å². The van der Waals surface area contributed by atoms with Crippen LogP contribution in [0, 0.1) is 0 Å². The Bertz CT molecular complexity index is 260. The van der Waals surface area contributed by atoms with E-state index in [1.54, 1.807) is 0 Å². The molecule has 1 heterocycles. The number of rotatable bonds is 2. The van der Waals surface area contributed by atoms with E-state index in [1.807, 2.05) is 18.7 Å². The van der Waals surface area contributed by atoms with Crippen LogP contribution in [-0.4, -0.2) is 55.7 Å². The fourth-order valence-electron chi connectivity index (χ4n) is 1.85. The highest BCUT2D eigenvalue weighted by Gasteiger charge is 2.23. The fraction of sp³-hybridized carbons (Fsp3) is 0.800. The first-order chi connectivity index (χ1) is 7.51. The highest BCUT2D eigenvalue weighted by molar-refractivity contribution is 5.95. The third kappa shape index (κ3) is 4.16. The first kappa shape index (κ1) is 12.9. The van der Waals surface area contributed by atoms with E-state index < -0.39 is 6.03 Å². The predicted molar refractivity (Wildman–Crippen MR) is 59.0 cm³/mol. The largest absolute Gasteiger partial charge is 0.373 e. The zero-order valence-electron chi connectivity index (χ0n) is 9.95. The first-order valence-electron chi connectivity index (χ1n) is 5.40. The number of hydrogen-bond donors (Lipinski definition) is 2. The summed E-state index contributed by atoms with van der Waals surface area (Å²) in [5.74, 6) is -0.291. The summed E-state index contributed by atoms with van der Waals surface area (Å²) in [6.45, 7) is 5.60. The van der Waals surface area contributed by atoms with Crippen molar-refractivity contribution >= 4 is 11.9 Å². The molecule has 0 aromatic heterocycles. The van der Waals surface area contributed by atoms with Gasteiger partial charge in [0.2, 0.25) is 5.91 Å². The number of morpholine rings is 1. The van der Waals surface area contributed by atoms with Gasteiger partial charge in [-0.1, -0.05) is 0 Å². The molecule has 0 bridgehead atoms. The number of ether oxygens (including phenoxy) is 1. The van der Waals surface area contributed by atoms with Crippen LogP contribution in [0.4, 0.5) is 4.79 Å². The molecule has 2 atom stereocenters. The van der Waals surface area contributed by atoms with Gasteiger partial charge < -0.3 is 10.1 Å². The lowest BCUT2D eigenvalue weighted by Crippen LogP contribution is -2.50. The van der Waals surface area contributed by atoms with Gasteiger partial charge in [0.25, 0.3) is 0 Å². The van der Waals surface area contributed by atoms with Gasteiger partial charge in [-0.05, 0) is 13.8 Å². The van der Waals surface area contributed by atoms with E-state index in [4.69, 9.17) is 4.74 Å². The minimum atomic E-state index is -0.473. The van der Waals surface area contributed by atoms with Gasteiger partial charge in [0.15, 0.2) is 0 Å². The second kappa shape index (κ2) is 5.81. The molecule has 0 radical (unpaired) electrons. The van der Waals surface area contributed by atoms with Gasteiger partial charge in [0.1, 0.15) is 0 Å². The van der Waals surface area contributed by atoms with Gasteiger partial charge in [-0.25, -0.2) is 4.79 Å². The summed E-state index contributed by atoms with van der Waals surface area (Å²) in [7, 11) is 1.47. The maximum Gasteiger partial charge on any atom is 0.321 e. The molecule has 0 spiro atoms. The first-order valence-corrected chi connectivity index (χ1v) is 5.40. The van der Waals surface area contributed by atoms with Crippen LogP contribution in [0.5, 0.6) is 0 Å². The molecule has 0 aromatic rings. The average Bonchev–Trinajstić information content (AvgIpc) is 2.15. The number of carbonyl (C=O) groups excluding carboxylic acids is 2. The number of nitrogens with one attached hydrogen (secondary N) is 2. The van der Waals surface area contributed by atoms with Crippen molar-refractivity contribution in [3.63, 3.8) is 0 Å². The van der Waals surface area contributed by atoms with Gasteiger partial charge in [0.05, 0.1) is 18.8 Å². The summed E-state index contributed by atoms with van der Waals surface area (Å²) < 4.78 is 5.55. The highest BCUT2D eigenvalue weighted by Crippen LogP contribution is 2.09. The Morgan fingerprint density at radius 2 is 1.88 bits per heavy atom. The second-order valence-electron chi connectivity index (χ2n) is 4.08. The van der Waals surface area contributed by atoms with E-state index in [-0.39, 0.29) is 24.7 Å². The number of imide groups is 1. The Kier molecular flexibility index (Phi) is 4.70. The maximum atomic E-state index is 11.4. The lowest BCUT2D eigenvalue weighted by atomic mass is 10.2. The van der Waals surface area contributed by atoms with Crippen LogP contribution < -0.4 is 10.6 Å². The average molecular weight is 229 g/mol. The van der Waals surface area contributed by atoms with Gasteiger partial charge >= 0.3 is 6.03 Å². The van der Waals surface area contributed by atoms with E-state index in [1.165, 1.54) is 7.05 Å². The summed E-state index contributed by atoms with van der Waals surface area (Å²) in [5, 5.41) is 4.57. The molecule has 92 valence electrons. The Morgan fingerprint density at radius 1 is 1.31 bits per heavy atom. The molecule has 3 amide bonds. The van der Waals surface area contributed by atoms with Crippen molar-refractivity contribution in [3.05, 3.63) is 0 Å². The summed E-state index contributed by atoms with van der Waals surface area (Å²) in [4.78, 5) is 24.3. The lowest BCUT2D eigenvalue weighted by Gasteiger charge is -2.34. The number of amides is 3. The smallest absolute Gasteiger partial charge is 0.321 e. The number of hydrogen-bond acceptors (Lipinski definition) is 4. The highest BCUT2D eigenvalue weighted by atomic mass is 16.5. The Hall–Kier alpha value is -1.14. The van der Waals surface area contributed by atoms with E-state index in [0.717, 1.165) is 0 Å². The van der Waals surface area contributed by atoms with Crippen LogP contribution >= 0.6 is 0 Å². The summed E-state index contributed by atoms with van der Waals surface area (Å²) in [5.41, 5.74) is 0. The van der Waals surface area contributed by atoms with Crippen molar-refractivity contribution in [2.75, 3.05) is 26.7 Å². The van der Waals surface area contributed by atoms with Crippen LogP contribution in [0.25, 0.3) is 0 Å². The van der Waals surface area contributed by atoms with Gasteiger partial charge in [-0.3, -0.25) is 15.0 Å². The molecule has 1 aliphatic heterocycles. The van der Waals surface area contributed by atoms with Crippen molar-refractivity contribution in [1.82, 2.24) is 15.5 Å². The minimum Gasteiger partial charge on any atom is -0.373 e. The van der Waals surface area contributed by atoms with Crippen molar-refractivity contribution in [2.24, 2.45) is 0 Å². The standard InChI is InChI=1S/C10H19N3O3/c1-7-4-13(5-8(2)16-7)6-9(14)12-10(15)11-3/h7-8H,4-6H2,1-3H3,(H2,11,12,14,15)/t7-,8+. The van der Waals surface area contributed by atoms with E-state index in [9.17, 15) is 9.59 Å². The summed E-state index contributed by atoms with van der Waals surface area (Å²) in [6, 6.07) is -0.473. The van der Waals surface area contributed by atoms with Crippen LogP contribution in [0.3, 0.4) is 0 Å². The molecule has 0 aliphatic carbocycles. The molecular formula is C10H19N3O3. The number of urea groups is 1. The number of nitrogens with zero attached hydrogens (tertiary/aromatic N) is 1. The molecule has 1 fully saturated rings. The molecule has 6 nitrogen and oxygen atoms in total. The molecule has 6 heteroatoms. The van der Waals surface area contributed by atoms with Gasteiger partial charge in [-0.2, -0.15) is 0 Å². The monoisotopic (exact) mass is 229 g/mol. The van der Waals surface area contributed by atoms with Gasteiger partial charge in [0, 0.05) is 20.1 Å². The second-order valence-corrected chi connectivity index (χ2v) is 4.08. The van der Waals surface area contributed by atoms with Crippen molar-refractivity contribution in [1.29, 1.82) is 0 Å². The normalized spacial score (nSPS) is 26.2. The van der Waals surface area contributed by atoms with Crippen molar-refractivity contribution in [2.45, 2.75) is 26.1 Å². The Labute approximate surface area is 95.3 Å². The lowest BCUT2D eigenvalue weighted by molar-refractivity contribution is -0.124. The summed E-state index contributed by atoms with van der Waals surface area (Å²) in [6.07, 6.45) is 0.244. The predicted octanol–water partition coefficient (Wildman–Crippen LogP) is -0.449. The molecular weight excluding hydrogens is 210 g/mol. The third-order valence-corrected chi connectivity index (χ3v) is 2.34. The number of carbonyl (C=O) groups is 2. The summed E-state index contributed by atoms with van der Waals surface area (Å²) >= 11 is 0. The molecule has 0 saturated carbocycles. The molecule has 1 saturated heterocycles. The molecule has 2 N–H and O–H groups in total. The third-order valence-electron chi connectivity index (χ3n) is 2.34.